The fourth-order valence-electron chi connectivity index (χ4n) is 1.97. The molecule has 1 unspecified atom stereocenters. The number of ether oxygens (including phenoxy) is 1. The van der Waals surface area contributed by atoms with Crippen molar-refractivity contribution in [2.75, 3.05) is 0 Å². The van der Waals surface area contributed by atoms with Gasteiger partial charge in [0.15, 0.2) is 0 Å². The number of carbonyl (C=O) groups excluding carboxylic acids is 1. The topological polar surface area (TPSA) is 99.4 Å². The highest BCUT2D eigenvalue weighted by atomic mass is 16.5. The van der Waals surface area contributed by atoms with Gasteiger partial charge in [0.2, 0.25) is 0 Å². The summed E-state index contributed by atoms with van der Waals surface area (Å²) >= 11 is 0. The molecule has 0 fully saturated rings. The number of hydrogen-bond acceptors (Lipinski definition) is 4. The third kappa shape index (κ3) is 7.32. The molecule has 0 aliphatic rings. The molecule has 0 saturated heterocycles. The van der Waals surface area contributed by atoms with Gasteiger partial charge in [0.25, 0.3) is 0 Å². The molecule has 1 amide bonds. The lowest BCUT2D eigenvalue weighted by Crippen LogP contribution is -2.41. The van der Waals surface area contributed by atoms with E-state index in [-0.39, 0.29) is 13.0 Å². The molecule has 6 nitrogen and oxygen atoms in total. The Morgan fingerprint density at radius 2 is 2.00 bits per heavy atom. The molecule has 0 bridgehead atoms. The van der Waals surface area contributed by atoms with Crippen LogP contribution < -0.4 is 5.32 Å². The maximum atomic E-state index is 11.7. The quantitative estimate of drug-likeness (QED) is 0.767. The summed E-state index contributed by atoms with van der Waals surface area (Å²) in [6.07, 6.45) is 0.576. The van der Waals surface area contributed by atoms with Crippen LogP contribution in [0.15, 0.2) is 30.3 Å². The summed E-state index contributed by atoms with van der Waals surface area (Å²) in [7, 11) is 0. The Morgan fingerprint density at radius 3 is 2.57 bits per heavy atom. The highest BCUT2D eigenvalue weighted by Gasteiger charge is 2.23. The summed E-state index contributed by atoms with van der Waals surface area (Å²) in [6.45, 7) is 3.68. The first kappa shape index (κ1) is 18.5. The summed E-state index contributed by atoms with van der Waals surface area (Å²) in [5.41, 5.74) is 0.321. The van der Waals surface area contributed by atoms with E-state index in [4.69, 9.17) is 15.1 Å². The van der Waals surface area contributed by atoms with E-state index in [2.05, 4.69) is 11.4 Å². The zero-order valence-corrected chi connectivity index (χ0v) is 13.4. The third-order valence-corrected chi connectivity index (χ3v) is 3.40. The van der Waals surface area contributed by atoms with Gasteiger partial charge in [-0.1, -0.05) is 30.3 Å². The van der Waals surface area contributed by atoms with Gasteiger partial charge in [0.05, 0.1) is 11.5 Å². The number of nitriles is 1. The number of carboxylic acid groups (broad SMARTS) is 1. The number of carbonyl (C=O) groups is 2. The lowest BCUT2D eigenvalue weighted by Gasteiger charge is -2.18. The van der Waals surface area contributed by atoms with Crippen molar-refractivity contribution < 1.29 is 19.4 Å². The van der Waals surface area contributed by atoms with E-state index in [0.29, 0.717) is 12.8 Å². The first-order chi connectivity index (χ1) is 10.8. The number of rotatable bonds is 8. The Kier molecular flexibility index (Phi) is 7.07. The van der Waals surface area contributed by atoms with Crippen LogP contribution in [0.3, 0.4) is 0 Å². The number of hydrogen-bond donors (Lipinski definition) is 2. The second-order valence-corrected chi connectivity index (χ2v) is 5.98. The monoisotopic (exact) mass is 318 g/mol. The van der Waals surface area contributed by atoms with Crippen LogP contribution in [-0.4, -0.2) is 23.2 Å². The van der Waals surface area contributed by atoms with E-state index in [1.165, 1.54) is 0 Å². The molecule has 124 valence electrons. The minimum absolute atomic E-state index is 0.0838. The molecule has 0 radical (unpaired) electrons. The number of aliphatic carboxylic acids is 1. The molecule has 0 aromatic heterocycles. The summed E-state index contributed by atoms with van der Waals surface area (Å²) in [5.74, 6) is -1.11. The second-order valence-electron chi connectivity index (χ2n) is 5.98. The van der Waals surface area contributed by atoms with E-state index in [1.54, 1.807) is 13.8 Å². The molecule has 1 aromatic rings. The molecule has 1 aromatic carbocycles. The Balaban J connectivity index is 2.41. The van der Waals surface area contributed by atoms with Crippen LogP contribution in [-0.2, 0) is 16.1 Å². The van der Waals surface area contributed by atoms with Gasteiger partial charge in [-0.25, -0.2) is 9.59 Å². The van der Waals surface area contributed by atoms with Gasteiger partial charge < -0.3 is 15.2 Å². The molecule has 1 rings (SSSR count). The van der Waals surface area contributed by atoms with Crippen molar-refractivity contribution >= 4 is 12.1 Å². The SMILES string of the molecule is CC(C)(C#N)CCCC(NC(=O)OCc1ccccc1)C(=O)O. The Labute approximate surface area is 136 Å². The van der Waals surface area contributed by atoms with E-state index in [9.17, 15) is 9.59 Å². The molecule has 23 heavy (non-hydrogen) atoms. The number of carboxylic acids is 1. The van der Waals surface area contributed by atoms with Crippen LogP contribution in [0.25, 0.3) is 0 Å². The highest BCUT2D eigenvalue weighted by Crippen LogP contribution is 2.22. The zero-order chi connectivity index (χ0) is 17.3. The van der Waals surface area contributed by atoms with Gasteiger partial charge in [0.1, 0.15) is 12.6 Å². The molecule has 2 N–H and O–H groups in total. The van der Waals surface area contributed by atoms with Crippen molar-refractivity contribution in [3.8, 4) is 6.07 Å². The van der Waals surface area contributed by atoms with Crippen LogP contribution >= 0.6 is 0 Å². The summed E-state index contributed by atoms with van der Waals surface area (Å²) in [4.78, 5) is 22.9. The van der Waals surface area contributed by atoms with Crippen LogP contribution in [0, 0.1) is 16.7 Å². The number of benzene rings is 1. The molecule has 6 heteroatoms. The van der Waals surface area contributed by atoms with Crippen molar-refractivity contribution in [2.45, 2.75) is 45.8 Å². The fourth-order valence-corrected chi connectivity index (χ4v) is 1.97. The van der Waals surface area contributed by atoms with Crippen LogP contribution in [0.2, 0.25) is 0 Å². The number of nitrogens with zero attached hydrogens (tertiary/aromatic N) is 1. The van der Waals surface area contributed by atoms with Crippen molar-refractivity contribution in [1.82, 2.24) is 5.32 Å². The van der Waals surface area contributed by atoms with Crippen LogP contribution in [0.1, 0.15) is 38.7 Å². The van der Waals surface area contributed by atoms with Crippen molar-refractivity contribution in [3.63, 3.8) is 0 Å². The standard InChI is InChI=1S/C17H22N2O4/c1-17(2,12-18)10-6-9-14(15(20)21)19-16(22)23-11-13-7-4-3-5-8-13/h3-5,7-8,14H,6,9-11H2,1-2H3,(H,19,22)(H,20,21). The Morgan fingerprint density at radius 1 is 1.35 bits per heavy atom. The molecule has 0 saturated carbocycles. The molecule has 1 atom stereocenters. The lowest BCUT2D eigenvalue weighted by molar-refractivity contribution is -0.139. The molecule has 0 heterocycles. The summed E-state index contributed by atoms with van der Waals surface area (Å²) in [6, 6.07) is 10.3. The largest absolute Gasteiger partial charge is 0.480 e. The van der Waals surface area contributed by atoms with Gasteiger partial charge in [-0.15, -0.1) is 0 Å². The van der Waals surface area contributed by atoms with E-state index in [1.807, 2.05) is 30.3 Å². The van der Waals surface area contributed by atoms with Crippen LogP contribution in [0.5, 0.6) is 0 Å². The normalized spacial score (nSPS) is 12.0. The predicted octanol–water partition coefficient (Wildman–Crippen LogP) is 3.09. The van der Waals surface area contributed by atoms with Gasteiger partial charge in [-0.05, 0) is 38.7 Å². The molecular weight excluding hydrogens is 296 g/mol. The van der Waals surface area contributed by atoms with Gasteiger partial charge in [-0.3, -0.25) is 0 Å². The van der Waals surface area contributed by atoms with Crippen LogP contribution in [0.4, 0.5) is 4.79 Å². The summed E-state index contributed by atoms with van der Waals surface area (Å²) in [5, 5.41) is 20.4. The van der Waals surface area contributed by atoms with Crippen molar-refractivity contribution in [2.24, 2.45) is 5.41 Å². The first-order valence-electron chi connectivity index (χ1n) is 7.45. The molecular formula is C17H22N2O4. The van der Waals surface area contributed by atoms with Gasteiger partial charge in [0, 0.05) is 0 Å². The maximum Gasteiger partial charge on any atom is 0.408 e. The van der Waals surface area contributed by atoms with Gasteiger partial charge in [-0.2, -0.15) is 5.26 Å². The predicted molar refractivity (Wildman–Crippen MR) is 84.4 cm³/mol. The smallest absolute Gasteiger partial charge is 0.408 e. The minimum atomic E-state index is -1.11. The first-order valence-corrected chi connectivity index (χ1v) is 7.45. The molecule has 0 aliphatic heterocycles. The van der Waals surface area contributed by atoms with Gasteiger partial charge >= 0.3 is 12.1 Å². The van der Waals surface area contributed by atoms with E-state index >= 15 is 0 Å². The fraction of sp³-hybridized carbons (Fsp3) is 0.471. The Hall–Kier alpha value is -2.55. The van der Waals surface area contributed by atoms with Crippen molar-refractivity contribution in [3.05, 3.63) is 35.9 Å². The number of amides is 1. The molecule has 0 aliphatic carbocycles. The number of nitrogens with one attached hydrogen (secondary N) is 1. The maximum absolute atomic E-state index is 11.7. The highest BCUT2D eigenvalue weighted by molar-refractivity contribution is 5.79. The van der Waals surface area contributed by atoms with E-state index < -0.39 is 23.5 Å². The average Bonchev–Trinajstić information content (AvgIpc) is 2.52. The Bertz CT molecular complexity index is 564. The summed E-state index contributed by atoms with van der Waals surface area (Å²) < 4.78 is 5.01. The molecule has 0 spiro atoms. The average molecular weight is 318 g/mol. The third-order valence-electron chi connectivity index (χ3n) is 3.40. The van der Waals surface area contributed by atoms with Crippen molar-refractivity contribution in [1.29, 1.82) is 5.26 Å². The van der Waals surface area contributed by atoms with E-state index in [0.717, 1.165) is 5.56 Å². The second kappa shape index (κ2) is 8.79. The number of alkyl carbamates (subject to hydrolysis) is 1. The minimum Gasteiger partial charge on any atom is -0.480 e. The zero-order valence-electron chi connectivity index (χ0n) is 13.4. The lowest BCUT2D eigenvalue weighted by atomic mass is 9.88.